The maximum Gasteiger partial charge on any atom is 0.240 e. The smallest absolute Gasteiger partial charge is 0.240 e. The minimum Gasteiger partial charge on any atom is -0.495 e. The number of hydrogen-bond donors (Lipinski definition) is 4. The summed E-state index contributed by atoms with van der Waals surface area (Å²) < 4.78 is 5.27. The quantitative estimate of drug-likeness (QED) is 0.535. The third-order valence-corrected chi connectivity index (χ3v) is 5.59. The summed E-state index contributed by atoms with van der Waals surface area (Å²) in [6, 6.07) is 12.5. The Hall–Kier alpha value is -2.26. The number of hydrogen-bond acceptors (Lipinski definition) is 6. The summed E-state index contributed by atoms with van der Waals surface area (Å²) in [6.45, 7) is 1.94. The van der Waals surface area contributed by atoms with Crippen LogP contribution in [-0.2, 0) is 16.0 Å². The molecule has 0 radical (unpaired) electrons. The summed E-state index contributed by atoms with van der Waals surface area (Å²) in [5, 5.41) is 6.37. The SMILES string of the molecule is COc1ccc(C)cc1NC(=O)CSC1NNC(Cc2ccc(Cl)cc2)C(=O)N1. The molecule has 154 valence electrons. The van der Waals surface area contributed by atoms with Gasteiger partial charge in [0.2, 0.25) is 11.8 Å². The van der Waals surface area contributed by atoms with Gasteiger partial charge in [0.15, 0.2) is 0 Å². The van der Waals surface area contributed by atoms with E-state index in [1.54, 1.807) is 19.2 Å². The van der Waals surface area contributed by atoms with Crippen LogP contribution < -0.4 is 26.2 Å². The number of thioether (sulfide) groups is 1. The van der Waals surface area contributed by atoms with Crippen LogP contribution in [-0.4, -0.2) is 36.2 Å². The van der Waals surface area contributed by atoms with Crippen molar-refractivity contribution < 1.29 is 14.3 Å². The zero-order chi connectivity index (χ0) is 20.8. The molecule has 1 saturated heterocycles. The van der Waals surface area contributed by atoms with Crippen LogP contribution in [0, 0.1) is 6.92 Å². The fourth-order valence-corrected chi connectivity index (χ4v) is 3.72. The molecule has 29 heavy (non-hydrogen) atoms. The molecule has 2 amide bonds. The maximum absolute atomic E-state index is 12.4. The van der Waals surface area contributed by atoms with Crippen molar-refractivity contribution in [1.29, 1.82) is 0 Å². The second kappa shape index (κ2) is 9.98. The second-order valence-corrected chi connectivity index (χ2v) is 8.15. The number of halogens is 1. The van der Waals surface area contributed by atoms with Crippen molar-refractivity contribution in [1.82, 2.24) is 16.2 Å². The highest BCUT2D eigenvalue weighted by Crippen LogP contribution is 2.25. The van der Waals surface area contributed by atoms with Crippen LogP contribution in [0.1, 0.15) is 11.1 Å². The van der Waals surface area contributed by atoms with Gasteiger partial charge >= 0.3 is 0 Å². The normalized spacial score (nSPS) is 18.8. The average Bonchev–Trinajstić information content (AvgIpc) is 2.70. The predicted octanol–water partition coefficient (Wildman–Crippen LogP) is 2.45. The molecule has 2 aromatic carbocycles. The lowest BCUT2D eigenvalue weighted by Gasteiger charge is -2.31. The van der Waals surface area contributed by atoms with Gasteiger partial charge in [-0.3, -0.25) is 9.59 Å². The van der Waals surface area contributed by atoms with E-state index in [1.165, 1.54) is 11.8 Å². The van der Waals surface area contributed by atoms with E-state index in [9.17, 15) is 9.59 Å². The molecule has 0 saturated carbocycles. The zero-order valence-corrected chi connectivity index (χ0v) is 17.7. The van der Waals surface area contributed by atoms with E-state index < -0.39 is 11.5 Å². The molecule has 1 fully saturated rings. The van der Waals surface area contributed by atoms with Crippen molar-refractivity contribution in [2.45, 2.75) is 24.9 Å². The molecule has 2 aromatic rings. The molecule has 0 bridgehead atoms. The summed E-state index contributed by atoms with van der Waals surface area (Å²) in [6.07, 6.45) is 0.529. The molecule has 0 aliphatic carbocycles. The molecular weight excluding hydrogens is 412 g/mol. The highest BCUT2D eigenvalue weighted by Gasteiger charge is 2.27. The number of anilines is 1. The van der Waals surface area contributed by atoms with E-state index in [0.717, 1.165) is 11.1 Å². The zero-order valence-electron chi connectivity index (χ0n) is 16.1. The monoisotopic (exact) mass is 434 g/mol. The molecule has 3 rings (SSSR count). The number of ether oxygens (including phenoxy) is 1. The van der Waals surface area contributed by atoms with Crippen LogP contribution in [0.5, 0.6) is 5.75 Å². The standard InChI is InChI=1S/C20H23ClN4O3S/c1-12-3-8-17(28-2)15(9-12)22-18(26)11-29-20-23-19(27)16(24-25-20)10-13-4-6-14(21)7-5-13/h3-9,16,20,24-25H,10-11H2,1-2H3,(H,22,26)(H,23,27). The number of carbonyl (C=O) groups excluding carboxylic acids is 2. The van der Waals surface area contributed by atoms with Crippen LogP contribution in [0.3, 0.4) is 0 Å². The number of nitrogens with one attached hydrogen (secondary N) is 4. The number of amides is 2. The van der Waals surface area contributed by atoms with Crippen molar-refractivity contribution in [2.24, 2.45) is 0 Å². The van der Waals surface area contributed by atoms with Gasteiger partial charge in [0, 0.05) is 5.02 Å². The van der Waals surface area contributed by atoms with Gasteiger partial charge in [-0.1, -0.05) is 29.8 Å². The third-order valence-electron chi connectivity index (χ3n) is 4.34. The lowest BCUT2D eigenvalue weighted by atomic mass is 10.1. The molecule has 9 heteroatoms. The summed E-state index contributed by atoms with van der Waals surface area (Å²) in [5.41, 5.74) is 8.28. The molecule has 7 nitrogen and oxygen atoms in total. The predicted molar refractivity (Wildman–Crippen MR) is 116 cm³/mol. The van der Waals surface area contributed by atoms with Crippen molar-refractivity contribution >= 4 is 40.9 Å². The maximum atomic E-state index is 12.4. The van der Waals surface area contributed by atoms with E-state index in [2.05, 4.69) is 21.5 Å². The van der Waals surface area contributed by atoms with E-state index in [0.29, 0.717) is 22.9 Å². The molecule has 0 spiro atoms. The topological polar surface area (TPSA) is 91.5 Å². The fourth-order valence-electron chi connectivity index (χ4n) is 2.86. The van der Waals surface area contributed by atoms with Crippen LogP contribution in [0.4, 0.5) is 5.69 Å². The lowest BCUT2D eigenvalue weighted by molar-refractivity contribution is -0.125. The Kier molecular flexibility index (Phi) is 7.38. The Bertz CT molecular complexity index is 879. The molecule has 0 aromatic heterocycles. The van der Waals surface area contributed by atoms with E-state index in [-0.39, 0.29) is 17.6 Å². The van der Waals surface area contributed by atoms with Gasteiger partial charge in [-0.15, -0.1) is 11.8 Å². The molecule has 4 N–H and O–H groups in total. The largest absolute Gasteiger partial charge is 0.495 e. The second-order valence-electron chi connectivity index (χ2n) is 6.62. The van der Waals surface area contributed by atoms with Gasteiger partial charge in [0.1, 0.15) is 17.3 Å². The Morgan fingerprint density at radius 1 is 1.21 bits per heavy atom. The number of hydrazine groups is 1. The Morgan fingerprint density at radius 3 is 2.66 bits per heavy atom. The summed E-state index contributed by atoms with van der Waals surface area (Å²) in [4.78, 5) is 24.7. The van der Waals surface area contributed by atoms with Gasteiger partial charge in [-0.05, 0) is 48.7 Å². The Balaban J connectivity index is 1.46. The number of carbonyl (C=O) groups is 2. The van der Waals surface area contributed by atoms with Crippen LogP contribution in [0.25, 0.3) is 0 Å². The van der Waals surface area contributed by atoms with Gasteiger partial charge in [-0.25, -0.2) is 10.9 Å². The third kappa shape index (κ3) is 6.11. The molecule has 2 unspecified atom stereocenters. The molecular formula is C20H23ClN4O3S. The van der Waals surface area contributed by atoms with Crippen molar-refractivity contribution in [3.05, 3.63) is 58.6 Å². The van der Waals surface area contributed by atoms with Gasteiger partial charge < -0.3 is 15.4 Å². The Labute approximate surface area is 178 Å². The van der Waals surface area contributed by atoms with E-state index in [4.69, 9.17) is 16.3 Å². The van der Waals surface area contributed by atoms with Crippen LogP contribution >= 0.6 is 23.4 Å². The molecule has 2 atom stereocenters. The van der Waals surface area contributed by atoms with Gasteiger partial charge in [0.05, 0.1) is 18.6 Å². The molecule has 1 heterocycles. The lowest BCUT2D eigenvalue weighted by Crippen LogP contribution is -2.64. The van der Waals surface area contributed by atoms with Crippen LogP contribution in [0.15, 0.2) is 42.5 Å². The number of aryl methyl sites for hydroxylation is 1. The van der Waals surface area contributed by atoms with E-state index in [1.807, 2.05) is 37.3 Å². The van der Waals surface area contributed by atoms with Crippen molar-refractivity contribution in [3.63, 3.8) is 0 Å². The van der Waals surface area contributed by atoms with E-state index >= 15 is 0 Å². The summed E-state index contributed by atoms with van der Waals surface area (Å²) in [5.74, 6) is 0.457. The first-order valence-electron chi connectivity index (χ1n) is 9.06. The Morgan fingerprint density at radius 2 is 1.97 bits per heavy atom. The summed E-state index contributed by atoms with van der Waals surface area (Å²) in [7, 11) is 1.56. The minimum absolute atomic E-state index is 0.128. The van der Waals surface area contributed by atoms with Gasteiger partial charge in [0.25, 0.3) is 0 Å². The highest BCUT2D eigenvalue weighted by molar-refractivity contribution is 8.00. The number of methoxy groups -OCH3 is 1. The molecule has 1 aliphatic heterocycles. The highest BCUT2D eigenvalue weighted by atomic mass is 35.5. The molecule has 1 aliphatic rings. The van der Waals surface area contributed by atoms with Crippen molar-refractivity contribution in [2.75, 3.05) is 18.2 Å². The minimum atomic E-state index is -0.408. The number of benzene rings is 2. The van der Waals surface area contributed by atoms with Crippen molar-refractivity contribution in [3.8, 4) is 5.75 Å². The first-order chi connectivity index (χ1) is 13.9. The first-order valence-corrected chi connectivity index (χ1v) is 10.5. The van der Waals surface area contributed by atoms with Crippen LogP contribution in [0.2, 0.25) is 5.02 Å². The average molecular weight is 435 g/mol. The fraction of sp³-hybridized carbons (Fsp3) is 0.300. The number of rotatable bonds is 7. The first kappa shape index (κ1) is 21.4. The van der Waals surface area contributed by atoms with Gasteiger partial charge in [-0.2, -0.15) is 0 Å². The summed E-state index contributed by atoms with van der Waals surface area (Å²) >= 11 is 7.17.